The lowest BCUT2D eigenvalue weighted by atomic mass is 9.89. The first-order valence-corrected chi connectivity index (χ1v) is 7.45. The summed E-state index contributed by atoms with van der Waals surface area (Å²) in [7, 11) is 0. The molecule has 0 bridgehead atoms. The Kier molecular flexibility index (Phi) is 4.60. The van der Waals surface area contributed by atoms with E-state index in [9.17, 15) is 9.50 Å². The van der Waals surface area contributed by atoms with E-state index in [-0.39, 0.29) is 11.7 Å². The molecule has 3 rings (SSSR count). The van der Waals surface area contributed by atoms with Crippen molar-refractivity contribution in [2.45, 2.75) is 18.9 Å². The summed E-state index contributed by atoms with van der Waals surface area (Å²) < 4.78 is 13.0. The Morgan fingerprint density at radius 1 is 1.23 bits per heavy atom. The molecule has 0 saturated carbocycles. The van der Waals surface area contributed by atoms with Gasteiger partial charge in [-0.2, -0.15) is 0 Å². The van der Waals surface area contributed by atoms with E-state index in [0.29, 0.717) is 11.4 Å². The van der Waals surface area contributed by atoms with Crippen LogP contribution in [0.15, 0.2) is 36.8 Å². The van der Waals surface area contributed by atoms with Crippen LogP contribution in [0.25, 0.3) is 0 Å². The van der Waals surface area contributed by atoms with Gasteiger partial charge in [0.1, 0.15) is 18.0 Å². The molecule has 5 nitrogen and oxygen atoms in total. The zero-order chi connectivity index (χ0) is 15.4. The molecule has 2 aromatic rings. The molecule has 2 heterocycles. The van der Waals surface area contributed by atoms with Crippen LogP contribution in [0.3, 0.4) is 0 Å². The summed E-state index contributed by atoms with van der Waals surface area (Å²) in [6, 6.07) is 6.04. The molecule has 0 aliphatic carbocycles. The molecular weight excluding hydrogens is 283 g/mol. The normalized spacial score (nSPS) is 17.2. The highest BCUT2D eigenvalue weighted by atomic mass is 19.1. The molecule has 1 aromatic carbocycles. The fourth-order valence-corrected chi connectivity index (χ4v) is 2.75. The Morgan fingerprint density at radius 3 is 2.68 bits per heavy atom. The summed E-state index contributed by atoms with van der Waals surface area (Å²) in [6.45, 7) is 1.83. The fourth-order valence-electron chi connectivity index (χ4n) is 2.75. The van der Waals surface area contributed by atoms with Crippen molar-refractivity contribution in [3.63, 3.8) is 0 Å². The summed E-state index contributed by atoms with van der Waals surface area (Å²) in [4.78, 5) is 8.25. The molecule has 1 aliphatic heterocycles. The van der Waals surface area contributed by atoms with Crippen molar-refractivity contribution in [2.75, 3.05) is 18.4 Å². The van der Waals surface area contributed by atoms with Crippen LogP contribution in [-0.2, 0) is 0 Å². The molecule has 1 fully saturated rings. The Balaban J connectivity index is 1.81. The van der Waals surface area contributed by atoms with Crippen LogP contribution in [0, 0.1) is 11.7 Å². The van der Waals surface area contributed by atoms with Gasteiger partial charge in [-0.25, -0.2) is 14.4 Å². The maximum Gasteiger partial charge on any atom is 0.139 e. The van der Waals surface area contributed by atoms with Crippen LogP contribution in [0.4, 0.5) is 15.9 Å². The Bertz CT molecular complexity index is 614. The standard InChI is InChI=1S/C16H19FN4O/c17-12-1-3-13(4-2-12)21-16-14(9-19-10-20-16)15(22)11-5-7-18-8-6-11/h1-4,9-11,15,18,22H,5-8H2,(H,19,20,21). The van der Waals surface area contributed by atoms with E-state index in [1.807, 2.05) is 0 Å². The number of hydrogen-bond acceptors (Lipinski definition) is 5. The first-order chi connectivity index (χ1) is 10.7. The number of rotatable bonds is 4. The van der Waals surface area contributed by atoms with E-state index >= 15 is 0 Å². The third kappa shape index (κ3) is 3.40. The lowest BCUT2D eigenvalue weighted by Gasteiger charge is -2.28. The smallest absolute Gasteiger partial charge is 0.139 e. The Labute approximate surface area is 128 Å². The molecule has 1 aromatic heterocycles. The second-order valence-corrected chi connectivity index (χ2v) is 5.49. The van der Waals surface area contributed by atoms with E-state index in [0.717, 1.165) is 31.6 Å². The molecule has 0 spiro atoms. The third-order valence-corrected chi connectivity index (χ3v) is 4.00. The van der Waals surface area contributed by atoms with Crippen LogP contribution in [0.2, 0.25) is 0 Å². The summed E-state index contributed by atoms with van der Waals surface area (Å²) >= 11 is 0. The largest absolute Gasteiger partial charge is 0.388 e. The SMILES string of the molecule is OC(c1cncnc1Nc1ccc(F)cc1)C1CCNCC1. The molecule has 1 saturated heterocycles. The predicted molar refractivity (Wildman–Crippen MR) is 82.3 cm³/mol. The topological polar surface area (TPSA) is 70.1 Å². The fraction of sp³-hybridized carbons (Fsp3) is 0.375. The van der Waals surface area contributed by atoms with Crippen LogP contribution in [-0.4, -0.2) is 28.2 Å². The molecule has 1 atom stereocenters. The Hall–Kier alpha value is -2.05. The molecule has 22 heavy (non-hydrogen) atoms. The van der Waals surface area contributed by atoms with Gasteiger partial charge < -0.3 is 15.7 Å². The average molecular weight is 302 g/mol. The van der Waals surface area contributed by atoms with Crippen molar-refractivity contribution in [3.8, 4) is 0 Å². The van der Waals surface area contributed by atoms with Gasteiger partial charge in [0, 0.05) is 17.4 Å². The van der Waals surface area contributed by atoms with Gasteiger partial charge >= 0.3 is 0 Å². The molecule has 1 unspecified atom stereocenters. The number of hydrogen-bond donors (Lipinski definition) is 3. The number of nitrogens with zero attached hydrogens (tertiary/aromatic N) is 2. The second-order valence-electron chi connectivity index (χ2n) is 5.49. The second kappa shape index (κ2) is 6.81. The minimum Gasteiger partial charge on any atom is -0.388 e. The van der Waals surface area contributed by atoms with Gasteiger partial charge in [-0.05, 0) is 56.1 Å². The third-order valence-electron chi connectivity index (χ3n) is 4.00. The lowest BCUT2D eigenvalue weighted by molar-refractivity contribution is 0.0890. The van der Waals surface area contributed by atoms with E-state index in [2.05, 4.69) is 20.6 Å². The quantitative estimate of drug-likeness (QED) is 0.809. The predicted octanol–water partition coefficient (Wildman–Crippen LogP) is 2.39. The van der Waals surface area contributed by atoms with Gasteiger partial charge in [0.2, 0.25) is 0 Å². The van der Waals surface area contributed by atoms with Crippen LogP contribution in [0.1, 0.15) is 24.5 Å². The molecule has 6 heteroatoms. The highest BCUT2D eigenvalue weighted by molar-refractivity contribution is 5.59. The maximum atomic E-state index is 13.0. The molecule has 0 amide bonds. The molecule has 1 aliphatic rings. The van der Waals surface area contributed by atoms with E-state index < -0.39 is 6.10 Å². The summed E-state index contributed by atoms with van der Waals surface area (Å²) in [5, 5.41) is 17.1. The number of anilines is 2. The van der Waals surface area contributed by atoms with Gasteiger partial charge in [-0.1, -0.05) is 0 Å². The van der Waals surface area contributed by atoms with Crippen LogP contribution in [0.5, 0.6) is 0 Å². The van der Waals surface area contributed by atoms with Gasteiger partial charge in [-0.15, -0.1) is 0 Å². The minimum absolute atomic E-state index is 0.195. The van der Waals surface area contributed by atoms with E-state index in [1.165, 1.54) is 18.5 Å². The van der Waals surface area contributed by atoms with Crippen molar-refractivity contribution in [1.29, 1.82) is 0 Å². The number of nitrogens with one attached hydrogen (secondary N) is 2. The zero-order valence-corrected chi connectivity index (χ0v) is 12.2. The highest BCUT2D eigenvalue weighted by Crippen LogP contribution is 2.32. The number of aromatic nitrogens is 2. The number of halogens is 1. The van der Waals surface area contributed by atoms with Gasteiger partial charge in [0.05, 0.1) is 6.10 Å². The van der Waals surface area contributed by atoms with E-state index in [1.54, 1.807) is 18.3 Å². The van der Waals surface area contributed by atoms with Crippen LogP contribution >= 0.6 is 0 Å². The molecule has 3 N–H and O–H groups in total. The highest BCUT2D eigenvalue weighted by Gasteiger charge is 2.25. The monoisotopic (exact) mass is 302 g/mol. The first-order valence-electron chi connectivity index (χ1n) is 7.45. The van der Waals surface area contributed by atoms with Gasteiger partial charge in [0.15, 0.2) is 0 Å². The van der Waals surface area contributed by atoms with Crippen LogP contribution < -0.4 is 10.6 Å². The van der Waals surface area contributed by atoms with Crippen molar-refractivity contribution < 1.29 is 9.50 Å². The van der Waals surface area contributed by atoms with Gasteiger partial charge in [0.25, 0.3) is 0 Å². The average Bonchev–Trinajstić information content (AvgIpc) is 2.58. The van der Waals surface area contributed by atoms with Crippen molar-refractivity contribution in [1.82, 2.24) is 15.3 Å². The first kappa shape index (κ1) is 14.9. The number of benzene rings is 1. The van der Waals surface area contributed by atoms with Crippen molar-refractivity contribution in [3.05, 3.63) is 48.2 Å². The zero-order valence-electron chi connectivity index (χ0n) is 12.2. The Morgan fingerprint density at radius 2 is 1.95 bits per heavy atom. The van der Waals surface area contributed by atoms with E-state index in [4.69, 9.17) is 0 Å². The lowest BCUT2D eigenvalue weighted by Crippen LogP contribution is -2.31. The molecule has 116 valence electrons. The summed E-state index contributed by atoms with van der Waals surface area (Å²) in [5.41, 5.74) is 1.40. The minimum atomic E-state index is -0.605. The number of aliphatic hydroxyl groups is 1. The molecular formula is C16H19FN4O. The summed E-state index contributed by atoms with van der Waals surface area (Å²) in [5.74, 6) is 0.469. The number of aliphatic hydroxyl groups excluding tert-OH is 1. The maximum absolute atomic E-state index is 13.0. The van der Waals surface area contributed by atoms with Crippen molar-refractivity contribution >= 4 is 11.5 Å². The number of piperidine rings is 1. The van der Waals surface area contributed by atoms with Crippen molar-refractivity contribution in [2.24, 2.45) is 5.92 Å². The summed E-state index contributed by atoms with van der Waals surface area (Å²) in [6.07, 6.45) is 4.32. The molecule has 0 radical (unpaired) electrons. The van der Waals surface area contributed by atoms with Gasteiger partial charge in [-0.3, -0.25) is 0 Å².